The predicted octanol–water partition coefficient (Wildman–Crippen LogP) is -3.00. The van der Waals surface area contributed by atoms with Gasteiger partial charge in [0.1, 0.15) is 18.3 Å². The van der Waals surface area contributed by atoms with Gasteiger partial charge in [-0.15, -0.1) is 0 Å². The third-order valence-corrected chi connectivity index (χ3v) is 1.60. The number of aliphatic hydroxyl groups is 4. The standard InChI is InChI=1S/C6H12O8/c7-1-2(8)5(14-13)3(9)4(10)6(11)12/h2-5,7-10,13H,1H2,(H,11,12)/t2-,3-,4-,5-/m1/s1. The van der Waals surface area contributed by atoms with Gasteiger partial charge in [-0.1, -0.05) is 0 Å². The summed E-state index contributed by atoms with van der Waals surface area (Å²) >= 11 is 0. The van der Waals surface area contributed by atoms with E-state index in [-0.39, 0.29) is 0 Å². The number of hydrogen-bond donors (Lipinski definition) is 6. The van der Waals surface area contributed by atoms with Crippen LogP contribution in [-0.2, 0) is 9.68 Å². The second kappa shape index (κ2) is 5.86. The highest BCUT2D eigenvalue weighted by Gasteiger charge is 2.36. The molecule has 0 fully saturated rings. The first-order chi connectivity index (χ1) is 6.45. The highest BCUT2D eigenvalue weighted by molar-refractivity contribution is 5.72. The summed E-state index contributed by atoms with van der Waals surface area (Å²) in [5, 5.41) is 51.7. The maximum absolute atomic E-state index is 10.2. The summed E-state index contributed by atoms with van der Waals surface area (Å²) in [5.74, 6) is -1.75. The van der Waals surface area contributed by atoms with Crippen LogP contribution in [0.1, 0.15) is 0 Å². The Labute approximate surface area is 78.5 Å². The fourth-order valence-corrected chi connectivity index (χ4v) is 0.790. The van der Waals surface area contributed by atoms with E-state index in [4.69, 9.17) is 30.8 Å². The van der Waals surface area contributed by atoms with Gasteiger partial charge >= 0.3 is 5.97 Å². The molecule has 0 aromatic carbocycles. The molecule has 0 amide bonds. The molecule has 84 valence electrons. The highest BCUT2D eigenvalue weighted by atomic mass is 17.1. The predicted molar refractivity (Wildman–Crippen MR) is 40.2 cm³/mol. The van der Waals surface area contributed by atoms with E-state index in [9.17, 15) is 4.79 Å². The van der Waals surface area contributed by atoms with Crippen molar-refractivity contribution < 1.29 is 40.5 Å². The average Bonchev–Trinajstić information content (AvgIpc) is 2.16. The van der Waals surface area contributed by atoms with Crippen molar-refractivity contribution in [2.75, 3.05) is 6.61 Å². The molecule has 8 heteroatoms. The number of carbonyl (C=O) groups is 1. The molecule has 0 bridgehead atoms. The lowest BCUT2D eigenvalue weighted by molar-refractivity contribution is -0.322. The topological polar surface area (TPSA) is 148 Å². The van der Waals surface area contributed by atoms with E-state index in [1.165, 1.54) is 0 Å². The van der Waals surface area contributed by atoms with Crippen molar-refractivity contribution in [2.45, 2.75) is 24.4 Å². The molecule has 0 unspecified atom stereocenters. The van der Waals surface area contributed by atoms with Crippen LogP contribution < -0.4 is 0 Å². The maximum atomic E-state index is 10.2. The molecule has 0 saturated heterocycles. The summed E-state index contributed by atoms with van der Waals surface area (Å²) in [7, 11) is 0. The molecular formula is C6H12O8. The van der Waals surface area contributed by atoms with Crippen molar-refractivity contribution in [1.29, 1.82) is 0 Å². The molecule has 0 aromatic heterocycles. The van der Waals surface area contributed by atoms with Crippen LogP contribution in [0.5, 0.6) is 0 Å². The van der Waals surface area contributed by atoms with Crippen LogP contribution in [0, 0.1) is 0 Å². The van der Waals surface area contributed by atoms with Crippen LogP contribution >= 0.6 is 0 Å². The molecule has 0 saturated carbocycles. The number of carboxylic acid groups (broad SMARTS) is 1. The molecule has 0 heterocycles. The smallest absolute Gasteiger partial charge is 0.335 e. The first-order valence-corrected chi connectivity index (χ1v) is 3.63. The minimum Gasteiger partial charge on any atom is -0.479 e. The fraction of sp³-hybridized carbons (Fsp3) is 0.833. The zero-order valence-electron chi connectivity index (χ0n) is 7.02. The first-order valence-electron chi connectivity index (χ1n) is 3.63. The Bertz CT molecular complexity index is 183. The van der Waals surface area contributed by atoms with E-state index in [0.717, 1.165) is 0 Å². The Morgan fingerprint density at radius 2 is 1.79 bits per heavy atom. The third-order valence-electron chi connectivity index (χ3n) is 1.60. The summed E-state index contributed by atoms with van der Waals surface area (Å²) in [5.41, 5.74) is 0. The van der Waals surface area contributed by atoms with Gasteiger partial charge < -0.3 is 25.5 Å². The van der Waals surface area contributed by atoms with E-state index in [2.05, 4.69) is 4.89 Å². The number of carboxylic acids is 1. The van der Waals surface area contributed by atoms with Gasteiger partial charge in [-0.3, -0.25) is 5.26 Å². The van der Waals surface area contributed by atoms with Crippen molar-refractivity contribution in [3.05, 3.63) is 0 Å². The molecule has 0 rings (SSSR count). The van der Waals surface area contributed by atoms with Crippen LogP contribution in [0.15, 0.2) is 0 Å². The number of rotatable bonds is 6. The van der Waals surface area contributed by atoms with E-state index in [1.54, 1.807) is 0 Å². The Morgan fingerprint density at radius 1 is 1.29 bits per heavy atom. The number of hydrogen-bond acceptors (Lipinski definition) is 7. The molecule has 0 radical (unpaired) electrons. The van der Waals surface area contributed by atoms with E-state index < -0.39 is 37.0 Å². The van der Waals surface area contributed by atoms with Gasteiger partial charge in [0.15, 0.2) is 6.10 Å². The summed E-state index contributed by atoms with van der Waals surface area (Å²) < 4.78 is 0. The number of aliphatic carboxylic acids is 1. The highest BCUT2D eigenvalue weighted by Crippen LogP contribution is 2.08. The molecule has 6 N–H and O–H groups in total. The summed E-state index contributed by atoms with van der Waals surface area (Å²) in [4.78, 5) is 13.7. The van der Waals surface area contributed by atoms with Crippen molar-refractivity contribution in [3.63, 3.8) is 0 Å². The first kappa shape index (κ1) is 13.2. The van der Waals surface area contributed by atoms with Crippen LogP contribution in [0.4, 0.5) is 0 Å². The van der Waals surface area contributed by atoms with Crippen LogP contribution in [0.3, 0.4) is 0 Å². The van der Waals surface area contributed by atoms with Crippen molar-refractivity contribution >= 4 is 5.97 Å². The van der Waals surface area contributed by atoms with Gasteiger partial charge in [-0.2, -0.15) is 0 Å². The van der Waals surface area contributed by atoms with Gasteiger partial charge in [0.05, 0.1) is 6.61 Å². The molecule has 4 atom stereocenters. The fourth-order valence-electron chi connectivity index (χ4n) is 0.790. The lowest BCUT2D eigenvalue weighted by Gasteiger charge is -2.24. The Balaban J connectivity index is 4.44. The lowest BCUT2D eigenvalue weighted by atomic mass is 10.0. The summed E-state index contributed by atoms with van der Waals surface area (Å²) in [6, 6.07) is 0. The lowest BCUT2D eigenvalue weighted by Crippen LogP contribution is -2.49. The quantitative estimate of drug-likeness (QED) is 0.201. The van der Waals surface area contributed by atoms with Crippen LogP contribution in [-0.4, -0.2) is 67.8 Å². The average molecular weight is 212 g/mol. The summed E-state index contributed by atoms with van der Waals surface area (Å²) in [6.45, 7) is -0.866. The SMILES string of the molecule is O=C(O)[C@H](O)[C@@H](O)[C@H](OO)[C@H](O)CO. The van der Waals surface area contributed by atoms with Gasteiger partial charge in [0, 0.05) is 0 Å². The molecule has 0 spiro atoms. The molecule has 14 heavy (non-hydrogen) atoms. The molecular weight excluding hydrogens is 200 g/mol. The van der Waals surface area contributed by atoms with Crippen molar-refractivity contribution in [2.24, 2.45) is 0 Å². The third kappa shape index (κ3) is 3.18. The zero-order valence-corrected chi connectivity index (χ0v) is 7.02. The van der Waals surface area contributed by atoms with Crippen LogP contribution in [0.25, 0.3) is 0 Å². The van der Waals surface area contributed by atoms with E-state index in [1.807, 2.05) is 0 Å². The zero-order chi connectivity index (χ0) is 11.3. The summed E-state index contributed by atoms with van der Waals surface area (Å²) in [6.07, 6.45) is -7.79. The molecule has 0 aliphatic rings. The molecule has 0 aromatic rings. The van der Waals surface area contributed by atoms with Gasteiger partial charge in [0.25, 0.3) is 0 Å². The van der Waals surface area contributed by atoms with Gasteiger partial charge in [0.2, 0.25) is 0 Å². The van der Waals surface area contributed by atoms with E-state index in [0.29, 0.717) is 0 Å². The number of aliphatic hydroxyl groups excluding tert-OH is 4. The largest absolute Gasteiger partial charge is 0.479 e. The minimum absolute atomic E-state index is 0.866. The Kier molecular flexibility index (Phi) is 5.53. The monoisotopic (exact) mass is 212 g/mol. The van der Waals surface area contributed by atoms with Crippen LogP contribution in [0.2, 0.25) is 0 Å². The second-order valence-corrected chi connectivity index (χ2v) is 2.59. The normalized spacial score (nSPS) is 19.8. The van der Waals surface area contributed by atoms with E-state index >= 15 is 0 Å². The Morgan fingerprint density at radius 3 is 2.07 bits per heavy atom. The maximum Gasteiger partial charge on any atom is 0.335 e. The Hall–Kier alpha value is -0.770. The van der Waals surface area contributed by atoms with Crippen molar-refractivity contribution in [3.8, 4) is 0 Å². The van der Waals surface area contributed by atoms with Gasteiger partial charge in [-0.05, 0) is 0 Å². The van der Waals surface area contributed by atoms with Gasteiger partial charge in [-0.25, -0.2) is 9.68 Å². The molecule has 0 aliphatic carbocycles. The molecule has 8 nitrogen and oxygen atoms in total. The van der Waals surface area contributed by atoms with Crippen molar-refractivity contribution in [1.82, 2.24) is 0 Å². The second-order valence-electron chi connectivity index (χ2n) is 2.59. The minimum atomic E-state index is -2.23. The molecule has 0 aliphatic heterocycles.